The summed E-state index contributed by atoms with van der Waals surface area (Å²) in [5.41, 5.74) is 0.661. The van der Waals surface area contributed by atoms with Gasteiger partial charge in [-0.3, -0.25) is 4.98 Å². The molecule has 0 amide bonds. The monoisotopic (exact) mass is 300 g/mol. The summed E-state index contributed by atoms with van der Waals surface area (Å²) < 4.78 is 36.6. The largest absolute Gasteiger partial charge is 0.417 e. The lowest BCUT2D eigenvalue weighted by molar-refractivity contribution is 0.0834. The quantitative estimate of drug-likeness (QED) is 0.769. The molecule has 0 aliphatic carbocycles. The van der Waals surface area contributed by atoms with Crippen LogP contribution in [0.15, 0.2) is 32.3 Å². The van der Waals surface area contributed by atoms with E-state index < -0.39 is 15.8 Å². The number of ether oxygens (including phenoxy) is 1. The van der Waals surface area contributed by atoms with Crippen LogP contribution in [0.25, 0.3) is 11.1 Å². The second-order valence-electron chi connectivity index (χ2n) is 4.49. The lowest BCUT2D eigenvalue weighted by atomic mass is 10.3. The highest BCUT2D eigenvalue weighted by Gasteiger charge is 2.15. The molecular weight excluding hydrogens is 284 g/mol. The second kappa shape index (κ2) is 5.78. The van der Waals surface area contributed by atoms with Gasteiger partial charge in [-0.05, 0) is 26.0 Å². The molecule has 110 valence electrons. The van der Waals surface area contributed by atoms with Gasteiger partial charge in [0.1, 0.15) is 0 Å². The second-order valence-corrected chi connectivity index (χ2v) is 6.26. The summed E-state index contributed by atoms with van der Waals surface area (Å²) in [7, 11) is -3.65. The molecule has 2 aromatic rings. The van der Waals surface area contributed by atoms with Crippen molar-refractivity contribution in [3.05, 3.63) is 28.7 Å². The zero-order valence-corrected chi connectivity index (χ0v) is 12.0. The van der Waals surface area contributed by atoms with E-state index in [9.17, 15) is 13.2 Å². The minimum Gasteiger partial charge on any atom is -0.408 e. The van der Waals surface area contributed by atoms with Crippen molar-refractivity contribution < 1.29 is 17.6 Å². The Morgan fingerprint density at radius 2 is 2.15 bits per heavy atom. The molecule has 1 aromatic heterocycles. The molecule has 0 radical (unpaired) electrons. The third-order valence-corrected chi connectivity index (χ3v) is 4.01. The van der Waals surface area contributed by atoms with Crippen molar-refractivity contribution in [2.45, 2.75) is 24.8 Å². The van der Waals surface area contributed by atoms with Gasteiger partial charge in [0, 0.05) is 12.6 Å². The predicted molar refractivity (Wildman–Crippen MR) is 73.1 cm³/mol. The van der Waals surface area contributed by atoms with Gasteiger partial charge in [-0.15, -0.1) is 0 Å². The Labute approximate surface area is 116 Å². The summed E-state index contributed by atoms with van der Waals surface area (Å²) in [6, 6.07) is 4.19. The number of aromatic nitrogens is 1. The molecule has 0 fully saturated rings. The highest BCUT2D eigenvalue weighted by molar-refractivity contribution is 7.89. The maximum Gasteiger partial charge on any atom is 0.417 e. The van der Waals surface area contributed by atoms with Gasteiger partial charge in [-0.25, -0.2) is 17.9 Å². The van der Waals surface area contributed by atoms with E-state index in [1.807, 2.05) is 13.8 Å². The Morgan fingerprint density at radius 3 is 2.85 bits per heavy atom. The third kappa shape index (κ3) is 3.47. The molecule has 1 heterocycles. The number of hydrogen-bond donors (Lipinski definition) is 2. The number of benzene rings is 1. The van der Waals surface area contributed by atoms with Crippen LogP contribution in [0.4, 0.5) is 0 Å². The molecule has 0 bridgehead atoms. The molecular formula is C12H16N2O5S. The number of rotatable bonds is 6. The zero-order chi connectivity index (χ0) is 14.8. The fourth-order valence-electron chi connectivity index (χ4n) is 1.65. The van der Waals surface area contributed by atoms with Crippen molar-refractivity contribution in [1.29, 1.82) is 0 Å². The first-order chi connectivity index (χ1) is 9.38. The van der Waals surface area contributed by atoms with Crippen molar-refractivity contribution in [3.63, 3.8) is 0 Å². The normalized spacial score (nSPS) is 12.3. The first kappa shape index (κ1) is 14.8. The van der Waals surface area contributed by atoms with Gasteiger partial charge >= 0.3 is 5.76 Å². The molecule has 0 aliphatic rings. The minimum atomic E-state index is -3.65. The average molecular weight is 300 g/mol. The Bertz CT molecular complexity index is 745. The van der Waals surface area contributed by atoms with Crippen LogP contribution >= 0.6 is 0 Å². The van der Waals surface area contributed by atoms with Crippen LogP contribution < -0.4 is 10.5 Å². The van der Waals surface area contributed by atoms with Gasteiger partial charge in [0.2, 0.25) is 10.0 Å². The number of sulfonamides is 1. The number of aromatic amines is 1. The highest BCUT2D eigenvalue weighted by atomic mass is 32.2. The molecule has 2 rings (SSSR count). The van der Waals surface area contributed by atoms with E-state index in [0.717, 1.165) is 0 Å². The zero-order valence-electron chi connectivity index (χ0n) is 11.2. The van der Waals surface area contributed by atoms with Crippen molar-refractivity contribution in [2.24, 2.45) is 0 Å². The predicted octanol–water partition coefficient (Wildman–Crippen LogP) is 0.824. The molecule has 0 saturated heterocycles. The van der Waals surface area contributed by atoms with E-state index in [0.29, 0.717) is 12.1 Å². The molecule has 1 aromatic carbocycles. The Morgan fingerprint density at radius 1 is 1.40 bits per heavy atom. The van der Waals surface area contributed by atoms with Crippen LogP contribution in [-0.2, 0) is 14.8 Å². The fourth-order valence-corrected chi connectivity index (χ4v) is 2.67. The van der Waals surface area contributed by atoms with Crippen LogP contribution in [0.2, 0.25) is 0 Å². The summed E-state index contributed by atoms with van der Waals surface area (Å²) in [6.45, 7) is 4.21. The van der Waals surface area contributed by atoms with Gasteiger partial charge in [-0.1, -0.05) is 0 Å². The van der Waals surface area contributed by atoms with Crippen LogP contribution in [-0.4, -0.2) is 32.7 Å². The lowest BCUT2D eigenvalue weighted by Crippen LogP contribution is -2.28. The molecule has 0 unspecified atom stereocenters. The summed E-state index contributed by atoms with van der Waals surface area (Å²) in [4.78, 5) is 13.5. The number of oxazole rings is 1. The minimum absolute atomic E-state index is 0.0392. The highest BCUT2D eigenvalue weighted by Crippen LogP contribution is 2.16. The van der Waals surface area contributed by atoms with Crippen LogP contribution in [0.3, 0.4) is 0 Å². The molecule has 7 nitrogen and oxygen atoms in total. The topological polar surface area (TPSA) is 101 Å². The van der Waals surface area contributed by atoms with Crippen LogP contribution in [0, 0.1) is 0 Å². The maximum atomic E-state index is 12.0. The van der Waals surface area contributed by atoms with Crippen molar-refractivity contribution in [1.82, 2.24) is 9.71 Å². The molecule has 0 saturated carbocycles. The summed E-state index contributed by atoms with van der Waals surface area (Å²) >= 11 is 0. The van der Waals surface area contributed by atoms with Gasteiger partial charge < -0.3 is 9.15 Å². The number of H-pyrrole nitrogens is 1. The van der Waals surface area contributed by atoms with Crippen LogP contribution in [0.5, 0.6) is 0 Å². The van der Waals surface area contributed by atoms with Gasteiger partial charge in [-0.2, -0.15) is 0 Å². The standard InChI is InChI=1S/C12H16N2O5S/c1-8(2)18-6-5-13-20(16,17)9-3-4-10-11(7-9)19-12(15)14-10/h3-4,7-8,13H,5-6H2,1-2H3,(H,14,15). The average Bonchev–Trinajstić information content (AvgIpc) is 2.73. The van der Waals surface area contributed by atoms with Gasteiger partial charge in [0.15, 0.2) is 5.58 Å². The first-order valence-corrected chi connectivity index (χ1v) is 7.61. The molecule has 8 heteroatoms. The first-order valence-electron chi connectivity index (χ1n) is 6.12. The SMILES string of the molecule is CC(C)OCCNS(=O)(=O)c1ccc2[nH]c(=O)oc2c1. The Kier molecular flexibility index (Phi) is 4.26. The Hall–Kier alpha value is -1.64. The van der Waals surface area contributed by atoms with E-state index in [4.69, 9.17) is 9.15 Å². The van der Waals surface area contributed by atoms with Gasteiger partial charge in [0.25, 0.3) is 0 Å². The van der Waals surface area contributed by atoms with Crippen molar-refractivity contribution >= 4 is 21.1 Å². The van der Waals surface area contributed by atoms with E-state index in [2.05, 4.69) is 9.71 Å². The third-order valence-electron chi connectivity index (χ3n) is 2.55. The molecule has 0 atom stereocenters. The number of hydrogen-bond acceptors (Lipinski definition) is 5. The Balaban J connectivity index is 2.12. The van der Waals surface area contributed by atoms with Crippen LogP contribution in [0.1, 0.15) is 13.8 Å². The van der Waals surface area contributed by atoms with E-state index in [1.54, 1.807) is 0 Å². The lowest BCUT2D eigenvalue weighted by Gasteiger charge is -2.09. The summed E-state index contributed by atoms with van der Waals surface area (Å²) in [5, 5.41) is 0. The van der Waals surface area contributed by atoms with Crippen molar-refractivity contribution in [3.8, 4) is 0 Å². The molecule has 20 heavy (non-hydrogen) atoms. The van der Waals surface area contributed by atoms with E-state index >= 15 is 0 Å². The summed E-state index contributed by atoms with van der Waals surface area (Å²) in [5.74, 6) is -0.618. The maximum absolute atomic E-state index is 12.0. The number of fused-ring (bicyclic) bond motifs is 1. The number of nitrogens with one attached hydrogen (secondary N) is 2. The van der Waals surface area contributed by atoms with E-state index in [-0.39, 0.29) is 23.1 Å². The molecule has 0 spiro atoms. The van der Waals surface area contributed by atoms with E-state index in [1.165, 1.54) is 18.2 Å². The van der Waals surface area contributed by atoms with Crippen molar-refractivity contribution in [2.75, 3.05) is 13.2 Å². The molecule has 0 aliphatic heterocycles. The summed E-state index contributed by atoms with van der Waals surface area (Å²) in [6.07, 6.45) is 0.0463. The smallest absolute Gasteiger partial charge is 0.408 e. The fraction of sp³-hybridized carbons (Fsp3) is 0.417. The molecule has 2 N–H and O–H groups in total. The van der Waals surface area contributed by atoms with Gasteiger partial charge in [0.05, 0.1) is 23.1 Å².